The Bertz CT molecular complexity index is 228. The van der Waals surface area contributed by atoms with Gasteiger partial charge in [-0.15, -0.1) is 0 Å². The first-order valence-corrected chi connectivity index (χ1v) is 7.17. The van der Waals surface area contributed by atoms with Gasteiger partial charge in [0.05, 0.1) is 6.10 Å². The Labute approximate surface area is 106 Å². The molecule has 2 fully saturated rings. The molecule has 0 aromatic rings. The molecule has 2 aliphatic rings. The second kappa shape index (κ2) is 5.68. The Morgan fingerprint density at radius 2 is 1.76 bits per heavy atom. The van der Waals surface area contributed by atoms with E-state index >= 15 is 0 Å². The van der Waals surface area contributed by atoms with Crippen molar-refractivity contribution in [2.24, 2.45) is 5.41 Å². The van der Waals surface area contributed by atoms with Crippen LogP contribution in [0.1, 0.15) is 45.4 Å². The van der Waals surface area contributed by atoms with Crippen molar-refractivity contribution in [3.05, 3.63) is 0 Å². The van der Waals surface area contributed by atoms with Crippen molar-refractivity contribution in [2.75, 3.05) is 26.7 Å². The van der Waals surface area contributed by atoms with Gasteiger partial charge in [-0.05, 0) is 64.1 Å². The van der Waals surface area contributed by atoms with Crippen LogP contribution in [0.4, 0.5) is 0 Å². The van der Waals surface area contributed by atoms with Crippen LogP contribution < -0.4 is 5.32 Å². The highest BCUT2D eigenvalue weighted by molar-refractivity contribution is 4.85. The largest absolute Gasteiger partial charge is 0.393 e. The van der Waals surface area contributed by atoms with Gasteiger partial charge in [0.1, 0.15) is 0 Å². The van der Waals surface area contributed by atoms with Crippen LogP contribution in [0.15, 0.2) is 0 Å². The molecule has 1 aliphatic carbocycles. The van der Waals surface area contributed by atoms with Gasteiger partial charge >= 0.3 is 0 Å². The molecule has 0 spiro atoms. The van der Waals surface area contributed by atoms with Crippen LogP contribution in [0, 0.1) is 5.41 Å². The van der Waals surface area contributed by atoms with Crippen molar-refractivity contribution in [1.29, 1.82) is 0 Å². The minimum absolute atomic E-state index is 0.0352. The molecule has 1 saturated heterocycles. The summed E-state index contributed by atoms with van der Waals surface area (Å²) in [5, 5.41) is 13.2. The Kier molecular flexibility index (Phi) is 4.45. The molecule has 0 radical (unpaired) electrons. The van der Waals surface area contributed by atoms with Crippen LogP contribution in [-0.4, -0.2) is 48.8 Å². The third kappa shape index (κ3) is 3.94. The highest BCUT2D eigenvalue weighted by Crippen LogP contribution is 2.30. The molecule has 3 nitrogen and oxygen atoms in total. The molecule has 0 bridgehead atoms. The van der Waals surface area contributed by atoms with E-state index < -0.39 is 0 Å². The molecule has 3 heteroatoms. The predicted octanol–water partition coefficient (Wildman–Crippen LogP) is 1.61. The van der Waals surface area contributed by atoms with E-state index in [2.05, 4.69) is 24.2 Å². The number of aliphatic hydroxyl groups excluding tert-OH is 1. The van der Waals surface area contributed by atoms with Gasteiger partial charge in [0.2, 0.25) is 0 Å². The van der Waals surface area contributed by atoms with E-state index in [-0.39, 0.29) is 6.10 Å². The first kappa shape index (κ1) is 13.3. The topological polar surface area (TPSA) is 35.5 Å². The number of nitrogens with one attached hydrogen (secondary N) is 1. The second-order valence-corrected chi connectivity index (χ2v) is 6.50. The monoisotopic (exact) mass is 240 g/mol. The van der Waals surface area contributed by atoms with Gasteiger partial charge in [-0.25, -0.2) is 0 Å². The summed E-state index contributed by atoms with van der Waals surface area (Å²) >= 11 is 0. The van der Waals surface area contributed by atoms with Crippen LogP contribution in [-0.2, 0) is 0 Å². The molecule has 0 aromatic heterocycles. The molecular formula is C14H28N2O. The molecule has 1 saturated carbocycles. The van der Waals surface area contributed by atoms with Crippen molar-refractivity contribution in [3.8, 4) is 0 Å². The fraction of sp³-hybridized carbons (Fsp3) is 1.00. The Balaban J connectivity index is 1.70. The molecule has 17 heavy (non-hydrogen) atoms. The molecule has 0 unspecified atom stereocenters. The van der Waals surface area contributed by atoms with E-state index in [1.807, 2.05) is 0 Å². The van der Waals surface area contributed by atoms with Crippen LogP contribution in [0.3, 0.4) is 0 Å². The number of hydrogen-bond acceptors (Lipinski definition) is 3. The molecule has 1 heterocycles. The summed E-state index contributed by atoms with van der Waals surface area (Å²) in [6.07, 6.45) is 6.85. The van der Waals surface area contributed by atoms with E-state index in [9.17, 15) is 5.11 Å². The maximum atomic E-state index is 9.49. The van der Waals surface area contributed by atoms with Crippen molar-refractivity contribution < 1.29 is 5.11 Å². The van der Waals surface area contributed by atoms with Crippen LogP contribution in [0.25, 0.3) is 0 Å². The molecular weight excluding hydrogens is 212 g/mol. The first-order chi connectivity index (χ1) is 8.07. The molecule has 1 aliphatic heterocycles. The summed E-state index contributed by atoms with van der Waals surface area (Å²) in [4.78, 5) is 2.43. The van der Waals surface area contributed by atoms with Gasteiger partial charge in [0.15, 0.2) is 0 Å². The molecule has 0 aromatic carbocycles. The maximum absolute atomic E-state index is 9.49. The smallest absolute Gasteiger partial charge is 0.0541 e. The van der Waals surface area contributed by atoms with E-state index in [0.717, 1.165) is 32.2 Å². The summed E-state index contributed by atoms with van der Waals surface area (Å²) < 4.78 is 0. The van der Waals surface area contributed by atoms with Crippen molar-refractivity contribution >= 4 is 0 Å². The predicted molar refractivity (Wildman–Crippen MR) is 71.1 cm³/mol. The third-order valence-electron chi connectivity index (χ3n) is 4.71. The zero-order valence-corrected chi connectivity index (χ0v) is 11.4. The molecule has 2 N–H and O–H groups in total. The van der Waals surface area contributed by atoms with E-state index in [4.69, 9.17) is 0 Å². The lowest BCUT2D eigenvalue weighted by molar-refractivity contribution is 0.102. The summed E-state index contributed by atoms with van der Waals surface area (Å²) in [6.45, 7) is 6.05. The normalized spacial score (nSPS) is 34.8. The first-order valence-electron chi connectivity index (χ1n) is 7.17. The molecule has 0 amide bonds. The minimum atomic E-state index is -0.0352. The third-order valence-corrected chi connectivity index (χ3v) is 4.71. The lowest BCUT2D eigenvalue weighted by Gasteiger charge is -2.39. The second-order valence-electron chi connectivity index (χ2n) is 6.50. The highest BCUT2D eigenvalue weighted by Gasteiger charge is 2.29. The van der Waals surface area contributed by atoms with E-state index in [1.165, 1.54) is 25.9 Å². The van der Waals surface area contributed by atoms with Gasteiger partial charge < -0.3 is 15.3 Å². The van der Waals surface area contributed by atoms with Crippen molar-refractivity contribution in [3.63, 3.8) is 0 Å². The molecule has 2 rings (SSSR count). The maximum Gasteiger partial charge on any atom is 0.0541 e. The molecule has 0 atom stereocenters. The van der Waals surface area contributed by atoms with E-state index in [0.29, 0.717) is 11.5 Å². The van der Waals surface area contributed by atoms with Gasteiger partial charge in [0, 0.05) is 12.6 Å². The highest BCUT2D eigenvalue weighted by atomic mass is 16.3. The minimum Gasteiger partial charge on any atom is -0.393 e. The molecule has 100 valence electrons. The van der Waals surface area contributed by atoms with Gasteiger partial charge in [-0.1, -0.05) is 6.92 Å². The zero-order chi connectivity index (χ0) is 12.3. The zero-order valence-electron chi connectivity index (χ0n) is 11.4. The number of likely N-dealkylation sites (tertiary alicyclic amines) is 1. The fourth-order valence-electron chi connectivity index (χ4n) is 3.01. The van der Waals surface area contributed by atoms with Crippen LogP contribution >= 0.6 is 0 Å². The SMILES string of the molecule is CN1CCC(C)(CNC2CCC(O)CC2)CC1. The van der Waals surface area contributed by atoms with Crippen LogP contribution in [0.2, 0.25) is 0 Å². The summed E-state index contributed by atoms with van der Waals surface area (Å²) in [5.74, 6) is 0. The summed E-state index contributed by atoms with van der Waals surface area (Å²) in [5.41, 5.74) is 0.489. The van der Waals surface area contributed by atoms with Gasteiger partial charge in [0.25, 0.3) is 0 Å². The fourth-order valence-corrected chi connectivity index (χ4v) is 3.01. The van der Waals surface area contributed by atoms with Gasteiger partial charge in [-0.2, -0.15) is 0 Å². The van der Waals surface area contributed by atoms with Gasteiger partial charge in [-0.3, -0.25) is 0 Å². The lowest BCUT2D eigenvalue weighted by Crippen LogP contribution is -2.45. The number of aliphatic hydroxyl groups is 1. The average Bonchev–Trinajstić information content (AvgIpc) is 2.33. The van der Waals surface area contributed by atoms with E-state index in [1.54, 1.807) is 0 Å². The number of nitrogens with zero attached hydrogens (tertiary/aromatic N) is 1. The van der Waals surface area contributed by atoms with Crippen molar-refractivity contribution in [1.82, 2.24) is 10.2 Å². The van der Waals surface area contributed by atoms with Crippen LogP contribution in [0.5, 0.6) is 0 Å². The standard InChI is InChI=1S/C14H28N2O/c1-14(7-9-16(2)10-8-14)11-15-12-3-5-13(17)6-4-12/h12-13,15,17H,3-11H2,1-2H3. The lowest BCUT2D eigenvalue weighted by atomic mass is 9.80. The average molecular weight is 240 g/mol. The summed E-state index contributed by atoms with van der Waals surface area (Å²) in [7, 11) is 2.22. The Morgan fingerprint density at radius 3 is 2.35 bits per heavy atom. The van der Waals surface area contributed by atoms with Crippen molar-refractivity contribution in [2.45, 2.75) is 57.6 Å². The summed E-state index contributed by atoms with van der Waals surface area (Å²) in [6, 6.07) is 0.648. The number of hydrogen-bond donors (Lipinski definition) is 2. The number of rotatable bonds is 3. The number of piperidine rings is 1. The quantitative estimate of drug-likeness (QED) is 0.787. The Hall–Kier alpha value is -0.120. The Morgan fingerprint density at radius 1 is 1.18 bits per heavy atom.